The lowest BCUT2D eigenvalue weighted by molar-refractivity contribution is -0.00958. The van der Waals surface area contributed by atoms with Crippen LogP contribution in [0, 0.1) is 17.8 Å². The Morgan fingerprint density at radius 1 is 1.21 bits per heavy atom. The van der Waals surface area contributed by atoms with Gasteiger partial charge in [0.15, 0.2) is 0 Å². The average Bonchev–Trinajstić information content (AvgIpc) is 2.36. The molecule has 0 radical (unpaired) electrons. The predicted molar refractivity (Wildman–Crippen MR) is 74.3 cm³/mol. The third kappa shape index (κ3) is 1.85. The molecule has 102 valence electrons. The zero-order valence-corrected chi connectivity index (χ0v) is 11.7. The second-order valence-electron chi connectivity index (χ2n) is 6.92. The molecular formula is C15H19ClN2O. The highest BCUT2D eigenvalue weighted by molar-refractivity contribution is 6.16. The van der Waals surface area contributed by atoms with Crippen molar-refractivity contribution in [1.29, 1.82) is 0 Å². The van der Waals surface area contributed by atoms with Gasteiger partial charge in [-0.25, -0.2) is 4.98 Å². The Morgan fingerprint density at radius 2 is 1.79 bits per heavy atom. The molecule has 1 aromatic heterocycles. The molecule has 0 atom stereocenters. The Hall–Kier alpha value is -0.830. The fraction of sp³-hybridized carbons (Fsp3) is 0.733. The number of halogens is 1. The van der Waals surface area contributed by atoms with Crippen LogP contribution >= 0.6 is 11.6 Å². The molecule has 4 saturated carbocycles. The molecule has 3 nitrogen and oxygen atoms in total. The maximum atomic E-state index is 11.8. The van der Waals surface area contributed by atoms with Gasteiger partial charge in [0.2, 0.25) is 0 Å². The van der Waals surface area contributed by atoms with Gasteiger partial charge in [-0.3, -0.25) is 4.79 Å². The minimum absolute atomic E-state index is 0.0450. The van der Waals surface area contributed by atoms with Crippen LogP contribution in [0.25, 0.3) is 0 Å². The zero-order chi connectivity index (χ0) is 13.0. The van der Waals surface area contributed by atoms with Crippen LogP contribution in [0.15, 0.2) is 10.9 Å². The Labute approximate surface area is 117 Å². The normalized spacial score (nSPS) is 39.7. The van der Waals surface area contributed by atoms with Gasteiger partial charge in [0.1, 0.15) is 5.82 Å². The second-order valence-corrected chi connectivity index (χ2v) is 7.18. The highest BCUT2D eigenvalue weighted by Crippen LogP contribution is 2.59. The Morgan fingerprint density at radius 3 is 2.32 bits per heavy atom. The van der Waals surface area contributed by atoms with Gasteiger partial charge in [0.05, 0.1) is 11.6 Å². The first kappa shape index (κ1) is 12.0. The van der Waals surface area contributed by atoms with E-state index in [-0.39, 0.29) is 11.0 Å². The highest BCUT2D eigenvalue weighted by Gasteiger charge is 2.52. The summed E-state index contributed by atoms with van der Waals surface area (Å²) < 4.78 is 0. The smallest absolute Gasteiger partial charge is 0.251 e. The monoisotopic (exact) mass is 278 g/mol. The van der Waals surface area contributed by atoms with Gasteiger partial charge in [0, 0.05) is 11.5 Å². The third-order valence-electron chi connectivity index (χ3n) is 5.47. The van der Waals surface area contributed by atoms with Crippen molar-refractivity contribution < 1.29 is 0 Å². The summed E-state index contributed by atoms with van der Waals surface area (Å²) in [6.45, 7) is 0. The summed E-state index contributed by atoms with van der Waals surface area (Å²) in [4.78, 5) is 19.5. The summed E-state index contributed by atoms with van der Waals surface area (Å²) in [7, 11) is 0. The quantitative estimate of drug-likeness (QED) is 0.846. The van der Waals surface area contributed by atoms with E-state index in [1.807, 2.05) is 0 Å². The van der Waals surface area contributed by atoms with Crippen molar-refractivity contribution in [2.45, 2.75) is 49.8 Å². The number of nitrogens with one attached hydrogen (secondary N) is 1. The van der Waals surface area contributed by atoms with E-state index in [0.717, 1.165) is 29.3 Å². The molecule has 0 spiro atoms. The van der Waals surface area contributed by atoms with Crippen molar-refractivity contribution in [2.75, 3.05) is 0 Å². The number of rotatable bonds is 2. The highest BCUT2D eigenvalue weighted by atomic mass is 35.5. The van der Waals surface area contributed by atoms with Crippen molar-refractivity contribution in [3.8, 4) is 0 Å². The van der Waals surface area contributed by atoms with Crippen molar-refractivity contribution in [1.82, 2.24) is 9.97 Å². The minimum Gasteiger partial charge on any atom is -0.310 e. The third-order valence-corrected chi connectivity index (χ3v) is 5.75. The van der Waals surface area contributed by atoms with Gasteiger partial charge in [-0.2, -0.15) is 0 Å². The maximum absolute atomic E-state index is 11.8. The molecule has 4 aliphatic rings. The lowest BCUT2D eigenvalue weighted by Crippen LogP contribution is -2.49. The summed E-state index contributed by atoms with van der Waals surface area (Å²) in [6, 6.07) is 1.52. The van der Waals surface area contributed by atoms with E-state index in [4.69, 9.17) is 11.6 Å². The molecule has 1 aromatic rings. The molecule has 19 heavy (non-hydrogen) atoms. The zero-order valence-electron chi connectivity index (χ0n) is 11.0. The fourth-order valence-corrected chi connectivity index (χ4v) is 5.37. The molecule has 4 fully saturated rings. The number of aromatic amines is 1. The number of hydrogen-bond donors (Lipinski definition) is 1. The van der Waals surface area contributed by atoms with E-state index < -0.39 is 0 Å². The minimum atomic E-state index is -0.0450. The topological polar surface area (TPSA) is 45.8 Å². The second kappa shape index (κ2) is 4.08. The molecular weight excluding hydrogens is 260 g/mol. The first-order chi connectivity index (χ1) is 9.17. The van der Waals surface area contributed by atoms with Crippen LogP contribution in [0.3, 0.4) is 0 Å². The molecule has 4 heteroatoms. The molecule has 4 aliphatic carbocycles. The number of H-pyrrole nitrogens is 1. The maximum Gasteiger partial charge on any atom is 0.251 e. The first-order valence-electron chi connectivity index (χ1n) is 7.33. The van der Waals surface area contributed by atoms with Gasteiger partial charge in [-0.1, -0.05) is 0 Å². The van der Waals surface area contributed by atoms with E-state index in [0.29, 0.717) is 5.88 Å². The summed E-state index contributed by atoms with van der Waals surface area (Å²) in [5, 5.41) is 0. The van der Waals surface area contributed by atoms with Crippen LogP contribution in [-0.2, 0) is 11.3 Å². The van der Waals surface area contributed by atoms with E-state index in [9.17, 15) is 4.79 Å². The lowest BCUT2D eigenvalue weighted by Gasteiger charge is -2.56. The van der Waals surface area contributed by atoms with Gasteiger partial charge in [0.25, 0.3) is 5.56 Å². The summed E-state index contributed by atoms with van der Waals surface area (Å²) in [5.41, 5.74) is 0.822. The average molecular weight is 279 g/mol. The number of hydrogen-bond acceptors (Lipinski definition) is 2. The van der Waals surface area contributed by atoms with Crippen molar-refractivity contribution in [3.63, 3.8) is 0 Å². The van der Waals surface area contributed by atoms with E-state index in [1.165, 1.54) is 44.6 Å². The largest absolute Gasteiger partial charge is 0.310 e. The number of aromatic nitrogens is 2. The molecule has 0 aliphatic heterocycles. The Kier molecular flexibility index (Phi) is 2.57. The standard InChI is InChI=1S/C15H19ClN2O/c16-8-12-4-13(19)18-14(17-12)15-5-9-1-10(6-15)3-11(2-9)7-15/h4,9-11H,1-3,5-8H2,(H,17,18,19). The summed E-state index contributed by atoms with van der Waals surface area (Å²) in [5.74, 6) is 3.82. The SMILES string of the molecule is O=c1cc(CCl)nc(C23CC4CC(CC(C4)C2)C3)[nH]1. The van der Waals surface area contributed by atoms with Gasteiger partial charge in [-0.05, 0) is 56.3 Å². The van der Waals surface area contributed by atoms with Crippen LogP contribution in [0.1, 0.15) is 50.0 Å². The van der Waals surface area contributed by atoms with Crippen LogP contribution in [0.2, 0.25) is 0 Å². The summed E-state index contributed by atoms with van der Waals surface area (Å²) in [6.07, 6.45) is 7.85. The van der Waals surface area contributed by atoms with Gasteiger partial charge < -0.3 is 4.98 Å². The molecule has 0 aromatic carbocycles. The molecule has 0 saturated heterocycles. The molecule has 5 rings (SSSR count). The molecule has 1 N–H and O–H groups in total. The summed E-state index contributed by atoms with van der Waals surface area (Å²) >= 11 is 5.86. The Balaban J connectivity index is 1.79. The van der Waals surface area contributed by atoms with Crippen molar-refractivity contribution >= 4 is 11.6 Å². The fourth-order valence-electron chi connectivity index (χ4n) is 5.23. The van der Waals surface area contributed by atoms with Gasteiger partial charge >= 0.3 is 0 Å². The van der Waals surface area contributed by atoms with E-state index in [2.05, 4.69) is 9.97 Å². The first-order valence-corrected chi connectivity index (χ1v) is 7.87. The molecule has 1 heterocycles. The van der Waals surface area contributed by atoms with E-state index in [1.54, 1.807) is 0 Å². The number of nitrogens with zero attached hydrogens (tertiary/aromatic N) is 1. The molecule has 0 amide bonds. The van der Waals surface area contributed by atoms with Crippen LogP contribution < -0.4 is 5.56 Å². The van der Waals surface area contributed by atoms with Crippen molar-refractivity contribution in [3.05, 3.63) is 27.9 Å². The number of alkyl halides is 1. The van der Waals surface area contributed by atoms with Gasteiger partial charge in [-0.15, -0.1) is 11.6 Å². The van der Waals surface area contributed by atoms with Crippen LogP contribution in [-0.4, -0.2) is 9.97 Å². The van der Waals surface area contributed by atoms with E-state index >= 15 is 0 Å². The predicted octanol–water partition coefficient (Wildman–Crippen LogP) is 2.98. The Bertz CT molecular complexity index is 530. The van der Waals surface area contributed by atoms with Crippen LogP contribution in [0.4, 0.5) is 0 Å². The molecule has 4 bridgehead atoms. The van der Waals surface area contributed by atoms with Crippen molar-refractivity contribution in [2.24, 2.45) is 17.8 Å². The van der Waals surface area contributed by atoms with Crippen LogP contribution in [0.5, 0.6) is 0 Å². The lowest BCUT2D eigenvalue weighted by atomic mass is 9.49. The molecule has 0 unspecified atom stereocenters.